The summed E-state index contributed by atoms with van der Waals surface area (Å²) in [6.07, 6.45) is 1.38. The number of hydrogen-bond donors (Lipinski definition) is 1. The second kappa shape index (κ2) is 3.62. The van der Waals surface area contributed by atoms with Gasteiger partial charge in [0, 0.05) is 4.95 Å². The fourth-order valence-electron chi connectivity index (χ4n) is 0.566. The zero-order valence-corrected chi connectivity index (χ0v) is 6.81. The van der Waals surface area contributed by atoms with Crippen LogP contribution in [0, 0.1) is 4.91 Å². The molecule has 6 nitrogen and oxygen atoms in total. The van der Waals surface area contributed by atoms with Crippen LogP contribution in [0.15, 0.2) is 27.8 Å². The van der Waals surface area contributed by atoms with Gasteiger partial charge in [-0.15, -0.1) is 4.91 Å². The molecule has 1 heterocycles. The Morgan fingerprint density at radius 1 is 1.75 bits per heavy atom. The highest BCUT2D eigenvalue weighted by Crippen LogP contribution is 2.43. The first kappa shape index (κ1) is 9.12. The Kier molecular flexibility index (Phi) is 2.75. The monoisotopic (exact) mass is 191 g/mol. The fraction of sp³-hybridized carbons (Fsp3) is 0.200. The quantitative estimate of drug-likeness (QED) is 0.577. The minimum atomic E-state index is -4.31. The largest absolute Gasteiger partial charge is 0.487 e. The van der Waals surface area contributed by atoms with Crippen LogP contribution in [0.2, 0.25) is 0 Å². The zero-order valence-electron chi connectivity index (χ0n) is 5.91. The van der Waals surface area contributed by atoms with Gasteiger partial charge in [0.1, 0.15) is 12.4 Å². The van der Waals surface area contributed by atoms with Gasteiger partial charge in [-0.25, -0.2) is 4.57 Å². The maximum absolute atomic E-state index is 10.5. The number of furan rings is 1. The van der Waals surface area contributed by atoms with E-state index in [9.17, 15) is 9.47 Å². The van der Waals surface area contributed by atoms with Gasteiger partial charge in [-0.1, -0.05) is 0 Å². The van der Waals surface area contributed by atoms with E-state index >= 15 is 0 Å². The van der Waals surface area contributed by atoms with Crippen LogP contribution < -0.4 is 0 Å². The Balaban J connectivity index is 2.46. The summed E-state index contributed by atoms with van der Waals surface area (Å²) in [6.45, 7) is -0.244. The fourth-order valence-corrected chi connectivity index (χ4v) is 0.909. The van der Waals surface area contributed by atoms with Crippen molar-refractivity contribution >= 4 is 7.75 Å². The molecule has 1 unspecified atom stereocenters. The molecule has 0 fully saturated rings. The number of nitroso groups, excluding NO2 is 1. The number of rotatable bonds is 4. The van der Waals surface area contributed by atoms with Crippen molar-refractivity contribution in [1.82, 2.24) is 0 Å². The van der Waals surface area contributed by atoms with Crippen molar-refractivity contribution in [3.8, 4) is 0 Å². The van der Waals surface area contributed by atoms with Crippen molar-refractivity contribution in [2.45, 2.75) is 6.61 Å². The van der Waals surface area contributed by atoms with Gasteiger partial charge in [0.15, 0.2) is 0 Å². The van der Waals surface area contributed by atoms with Crippen molar-refractivity contribution in [3.63, 3.8) is 0 Å². The molecule has 0 aromatic carbocycles. The minimum absolute atomic E-state index is 0.244. The summed E-state index contributed by atoms with van der Waals surface area (Å²) in [5, 5.41) is 0. The van der Waals surface area contributed by atoms with E-state index in [1.165, 1.54) is 6.26 Å². The van der Waals surface area contributed by atoms with Crippen LogP contribution in [-0.4, -0.2) is 4.89 Å². The molecule has 1 atom stereocenters. The summed E-state index contributed by atoms with van der Waals surface area (Å²) < 4.78 is 19.5. The third-order valence-electron chi connectivity index (χ3n) is 1.06. The van der Waals surface area contributed by atoms with Gasteiger partial charge in [0.25, 0.3) is 0 Å². The molecule has 0 aliphatic carbocycles. The van der Waals surface area contributed by atoms with Gasteiger partial charge in [-0.05, 0) is 12.1 Å². The Morgan fingerprint density at radius 2 is 2.50 bits per heavy atom. The lowest BCUT2D eigenvalue weighted by Crippen LogP contribution is -1.86. The second-order valence-electron chi connectivity index (χ2n) is 1.93. The zero-order chi connectivity index (χ0) is 9.03. The maximum atomic E-state index is 10.5. The first-order valence-electron chi connectivity index (χ1n) is 2.99. The molecule has 0 saturated heterocycles. The molecule has 0 bridgehead atoms. The summed E-state index contributed by atoms with van der Waals surface area (Å²) in [6, 6.07) is 3.14. The normalized spacial score (nSPS) is 15.4. The van der Waals surface area contributed by atoms with Crippen LogP contribution in [0.3, 0.4) is 0 Å². The van der Waals surface area contributed by atoms with Crippen LogP contribution in [-0.2, 0) is 15.7 Å². The maximum Gasteiger partial charge on any atom is 0.487 e. The average Bonchev–Trinajstić information content (AvgIpc) is 2.53. The Hall–Kier alpha value is -0.970. The van der Waals surface area contributed by atoms with Crippen molar-refractivity contribution in [1.29, 1.82) is 0 Å². The highest BCUT2D eigenvalue weighted by Gasteiger charge is 2.20. The van der Waals surface area contributed by atoms with Crippen molar-refractivity contribution in [3.05, 3.63) is 29.1 Å². The molecule has 0 saturated carbocycles. The van der Waals surface area contributed by atoms with Crippen LogP contribution in [0.4, 0.5) is 0 Å². The van der Waals surface area contributed by atoms with Gasteiger partial charge in [0.2, 0.25) is 0 Å². The molecule has 0 aliphatic heterocycles. The molecule has 66 valence electrons. The van der Waals surface area contributed by atoms with E-state index in [2.05, 4.69) is 4.52 Å². The van der Waals surface area contributed by atoms with E-state index in [0.717, 1.165) is 0 Å². The summed E-state index contributed by atoms with van der Waals surface area (Å²) in [5.74, 6) is 0.355. The topological polar surface area (TPSA) is 89.1 Å². The third-order valence-corrected chi connectivity index (χ3v) is 1.73. The molecular weight excluding hydrogens is 185 g/mol. The molecule has 1 rings (SSSR count). The van der Waals surface area contributed by atoms with Gasteiger partial charge in [0.05, 0.1) is 6.26 Å². The molecule has 1 aromatic heterocycles. The predicted octanol–water partition coefficient (Wildman–Crippen LogP) is 1.66. The molecule has 1 N–H and O–H groups in total. The Morgan fingerprint density at radius 3 is 3.00 bits per heavy atom. The molecule has 0 radical (unpaired) electrons. The van der Waals surface area contributed by atoms with Gasteiger partial charge >= 0.3 is 7.75 Å². The molecule has 12 heavy (non-hydrogen) atoms. The lowest BCUT2D eigenvalue weighted by Gasteiger charge is -2.00. The van der Waals surface area contributed by atoms with Crippen molar-refractivity contribution < 1.29 is 18.4 Å². The van der Waals surface area contributed by atoms with E-state index in [0.29, 0.717) is 5.76 Å². The molecule has 7 heteroatoms. The Bertz CT molecular complexity index is 295. The molecule has 1 aromatic rings. The van der Waals surface area contributed by atoms with Crippen LogP contribution in [0.1, 0.15) is 5.76 Å². The number of hydrogen-bond acceptors (Lipinski definition) is 4. The molecular formula is C5H6NO5P. The molecule has 0 aliphatic rings. The van der Waals surface area contributed by atoms with E-state index < -0.39 is 7.75 Å². The van der Waals surface area contributed by atoms with Crippen LogP contribution in [0.25, 0.3) is 0 Å². The number of nitrogens with zero attached hydrogens (tertiary/aromatic N) is 1. The Labute approximate surface area is 67.7 Å². The van der Waals surface area contributed by atoms with E-state index in [4.69, 9.17) is 9.31 Å². The SMILES string of the molecule is O=NP(=O)(O)OCc1ccco1. The van der Waals surface area contributed by atoms with Gasteiger partial charge in [-0.2, -0.15) is 0 Å². The van der Waals surface area contributed by atoms with Gasteiger partial charge < -0.3 is 9.31 Å². The predicted molar refractivity (Wildman–Crippen MR) is 39.1 cm³/mol. The summed E-state index contributed by atoms with van der Waals surface area (Å²) in [4.78, 5) is 20.1. The van der Waals surface area contributed by atoms with Crippen molar-refractivity contribution in [2.24, 2.45) is 4.95 Å². The lowest BCUT2D eigenvalue weighted by molar-refractivity contribution is 0.229. The smallest absolute Gasteiger partial charge is 0.467 e. The summed E-state index contributed by atoms with van der Waals surface area (Å²) in [5.41, 5.74) is 0. The van der Waals surface area contributed by atoms with E-state index in [-0.39, 0.29) is 6.61 Å². The molecule has 0 spiro atoms. The lowest BCUT2D eigenvalue weighted by atomic mass is 10.5. The highest BCUT2D eigenvalue weighted by molar-refractivity contribution is 7.51. The second-order valence-corrected chi connectivity index (χ2v) is 3.33. The molecule has 0 amide bonds. The highest BCUT2D eigenvalue weighted by atomic mass is 31.2. The first-order valence-corrected chi connectivity index (χ1v) is 4.52. The summed E-state index contributed by atoms with van der Waals surface area (Å²) in [7, 11) is -4.31. The first-order chi connectivity index (χ1) is 5.64. The minimum Gasteiger partial charge on any atom is -0.467 e. The van der Waals surface area contributed by atoms with Crippen LogP contribution >= 0.6 is 7.75 Å². The average molecular weight is 191 g/mol. The standard InChI is InChI=1S/C5H6NO5P/c7-6-12(8,9)11-4-5-2-1-3-10-5/h1-3H,4H2,(H,8,9). The van der Waals surface area contributed by atoms with E-state index in [1.807, 2.05) is 4.95 Å². The third kappa shape index (κ3) is 2.58. The van der Waals surface area contributed by atoms with E-state index in [1.54, 1.807) is 12.1 Å². The van der Waals surface area contributed by atoms with Crippen LogP contribution in [0.5, 0.6) is 0 Å². The van der Waals surface area contributed by atoms with Gasteiger partial charge in [-0.3, -0.25) is 4.52 Å². The summed E-state index contributed by atoms with van der Waals surface area (Å²) >= 11 is 0. The van der Waals surface area contributed by atoms with Crippen molar-refractivity contribution in [2.75, 3.05) is 0 Å².